The Bertz CT molecular complexity index is 1300. The van der Waals surface area contributed by atoms with E-state index in [-0.39, 0.29) is 17.5 Å². The number of nitrogens with zero attached hydrogens (tertiary/aromatic N) is 3. The van der Waals surface area contributed by atoms with E-state index in [0.29, 0.717) is 10.8 Å². The maximum absolute atomic E-state index is 12.4. The molecule has 0 bridgehead atoms. The minimum absolute atomic E-state index is 0.142. The molecule has 2 aromatic carbocycles. The Morgan fingerprint density at radius 2 is 1.69 bits per heavy atom. The van der Waals surface area contributed by atoms with E-state index in [1.54, 1.807) is 16.4 Å². The molecule has 1 aliphatic rings. The standard InChI is InChI=1S/C25H23N3O3S/c1-14-6-8-19(10-16(14)3)23-27-22(24(30)31-23)12-20-13-32-25(26-20)28(18(5)29)21-9-7-15(2)17(4)11-21/h6-13H,1-5H3/b22-12-. The molecular weight excluding hydrogens is 422 g/mol. The number of amides is 1. The molecule has 1 aliphatic heterocycles. The SMILES string of the molecule is CC(=O)N(c1ccc(C)c(C)c1)c1nc(/C=C2\N=C(c3ccc(C)c(C)c3)OC2=O)cs1. The van der Waals surface area contributed by atoms with Gasteiger partial charge in [-0.05, 0) is 80.3 Å². The molecule has 6 nitrogen and oxygen atoms in total. The summed E-state index contributed by atoms with van der Waals surface area (Å²) in [6, 6.07) is 11.6. The highest BCUT2D eigenvalue weighted by atomic mass is 32.1. The van der Waals surface area contributed by atoms with Gasteiger partial charge >= 0.3 is 5.97 Å². The normalized spacial score (nSPS) is 14.5. The lowest BCUT2D eigenvalue weighted by Crippen LogP contribution is -2.22. The summed E-state index contributed by atoms with van der Waals surface area (Å²) in [7, 11) is 0. The van der Waals surface area contributed by atoms with E-state index in [1.807, 2.05) is 64.1 Å². The Hall–Kier alpha value is -3.58. The van der Waals surface area contributed by atoms with Gasteiger partial charge in [0.25, 0.3) is 0 Å². The molecule has 0 saturated carbocycles. The summed E-state index contributed by atoms with van der Waals surface area (Å²) in [5.41, 5.74) is 6.72. The van der Waals surface area contributed by atoms with E-state index in [1.165, 1.54) is 18.3 Å². The largest absolute Gasteiger partial charge is 0.402 e. The van der Waals surface area contributed by atoms with Crippen molar-refractivity contribution in [3.8, 4) is 0 Å². The number of aromatic nitrogens is 1. The van der Waals surface area contributed by atoms with Crippen LogP contribution in [0.4, 0.5) is 10.8 Å². The number of esters is 1. The fourth-order valence-electron chi connectivity index (χ4n) is 3.28. The van der Waals surface area contributed by atoms with Crippen molar-refractivity contribution in [1.82, 2.24) is 4.98 Å². The summed E-state index contributed by atoms with van der Waals surface area (Å²) in [4.78, 5) is 35.2. The summed E-state index contributed by atoms with van der Waals surface area (Å²) in [5.74, 6) is -0.386. The maximum Gasteiger partial charge on any atom is 0.363 e. The number of aryl methyl sites for hydroxylation is 4. The molecule has 0 spiro atoms. The minimum Gasteiger partial charge on any atom is -0.402 e. The second-order valence-electron chi connectivity index (χ2n) is 7.81. The Morgan fingerprint density at radius 1 is 1.00 bits per heavy atom. The Kier molecular flexibility index (Phi) is 5.76. The van der Waals surface area contributed by atoms with Crippen molar-refractivity contribution < 1.29 is 14.3 Å². The number of carbonyl (C=O) groups excluding carboxylic acids is 2. The maximum atomic E-state index is 12.4. The van der Waals surface area contributed by atoms with Gasteiger partial charge in [-0.2, -0.15) is 0 Å². The number of rotatable bonds is 4. The summed E-state index contributed by atoms with van der Waals surface area (Å²) < 4.78 is 5.37. The first-order chi connectivity index (χ1) is 15.2. The molecule has 1 aromatic heterocycles. The van der Waals surface area contributed by atoms with Crippen molar-refractivity contribution in [2.75, 3.05) is 4.90 Å². The number of aliphatic imine (C=N–C) groups is 1. The average molecular weight is 446 g/mol. The van der Waals surface area contributed by atoms with Crippen molar-refractivity contribution in [2.45, 2.75) is 34.6 Å². The van der Waals surface area contributed by atoms with Crippen molar-refractivity contribution in [3.63, 3.8) is 0 Å². The first kappa shape index (κ1) is 21.6. The third-order valence-corrected chi connectivity index (χ3v) is 6.27. The van der Waals surface area contributed by atoms with E-state index in [9.17, 15) is 9.59 Å². The Labute approximate surface area is 190 Å². The number of cyclic esters (lactones) is 1. The Morgan fingerprint density at radius 3 is 2.34 bits per heavy atom. The van der Waals surface area contributed by atoms with Crippen LogP contribution >= 0.6 is 11.3 Å². The quantitative estimate of drug-likeness (QED) is 0.398. The van der Waals surface area contributed by atoms with E-state index >= 15 is 0 Å². The average Bonchev–Trinajstić information content (AvgIpc) is 3.34. The van der Waals surface area contributed by atoms with Gasteiger partial charge < -0.3 is 4.74 Å². The summed E-state index contributed by atoms with van der Waals surface area (Å²) in [6.45, 7) is 9.56. The number of ether oxygens (including phenoxy) is 1. The molecule has 0 saturated heterocycles. The molecule has 0 atom stereocenters. The lowest BCUT2D eigenvalue weighted by atomic mass is 10.1. The highest BCUT2D eigenvalue weighted by Crippen LogP contribution is 2.31. The third-order valence-electron chi connectivity index (χ3n) is 5.42. The third kappa shape index (κ3) is 4.24. The fourth-order valence-corrected chi connectivity index (χ4v) is 4.13. The minimum atomic E-state index is -0.523. The molecule has 0 unspecified atom stereocenters. The van der Waals surface area contributed by atoms with Gasteiger partial charge in [0.2, 0.25) is 11.8 Å². The van der Waals surface area contributed by atoms with Crippen LogP contribution in [0.5, 0.6) is 0 Å². The zero-order valence-corrected chi connectivity index (χ0v) is 19.4. The first-order valence-corrected chi connectivity index (χ1v) is 11.0. The van der Waals surface area contributed by atoms with E-state index in [0.717, 1.165) is 33.5 Å². The van der Waals surface area contributed by atoms with Gasteiger partial charge in [-0.15, -0.1) is 11.3 Å². The second-order valence-corrected chi connectivity index (χ2v) is 8.65. The molecular formula is C25H23N3O3S. The lowest BCUT2D eigenvalue weighted by molar-refractivity contribution is -0.130. The van der Waals surface area contributed by atoms with Crippen molar-refractivity contribution in [3.05, 3.63) is 81.0 Å². The molecule has 0 fully saturated rings. The molecule has 162 valence electrons. The molecule has 3 aromatic rings. The van der Waals surface area contributed by atoms with Crippen LogP contribution in [0.2, 0.25) is 0 Å². The van der Waals surface area contributed by atoms with Gasteiger partial charge in [-0.3, -0.25) is 9.69 Å². The van der Waals surface area contributed by atoms with Crippen molar-refractivity contribution in [2.24, 2.45) is 4.99 Å². The summed E-state index contributed by atoms with van der Waals surface area (Å²) in [6.07, 6.45) is 1.58. The molecule has 2 heterocycles. The van der Waals surface area contributed by atoms with Gasteiger partial charge in [-0.1, -0.05) is 12.1 Å². The highest BCUT2D eigenvalue weighted by Gasteiger charge is 2.25. The molecule has 4 rings (SSSR count). The van der Waals surface area contributed by atoms with Gasteiger partial charge in [0, 0.05) is 17.9 Å². The van der Waals surface area contributed by atoms with Crippen LogP contribution in [0.15, 0.2) is 52.5 Å². The van der Waals surface area contributed by atoms with Crippen LogP contribution in [0, 0.1) is 27.7 Å². The van der Waals surface area contributed by atoms with Crippen LogP contribution < -0.4 is 4.90 Å². The highest BCUT2D eigenvalue weighted by molar-refractivity contribution is 7.14. The van der Waals surface area contributed by atoms with Gasteiger partial charge in [0.15, 0.2) is 10.8 Å². The predicted molar refractivity (Wildman–Crippen MR) is 127 cm³/mol. The first-order valence-electron chi connectivity index (χ1n) is 10.2. The topological polar surface area (TPSA) is 71.9 Å². The van der Waals surface area contributed by atoms with Crippen LogP contribution in [-0.4, -0.2) is 22.8 Å². The van der Waals surface area contributed by atoms with Gasteiger partial charge in [-0.25, -0.2) is 14.8 Å². The number of hydrogen-bond donors (Lipinski definition) is 0. The number of carbonyl (C=O) groups is 2. The van der Waals surface area contributed by atoms with Crippen molar-refractivity contribution in [1.29, 1.82) is 0 Å². The van der Waals surface area contributed by atoms with Gasteiger partial charge in [0.05, 0.1) is 11.4 Å². The molecule has 0 N–H and O–H groups in total. The fraction of sp³-hybridized carbons (Fsp3) is 0.200. The molecule has 0 radical (unpaired) electrons. The predicted octanol–water partition coefficient (Wildman–Crippen LogP) is 5.41. The van der Waals surface area contributed by atoms with Crippen LogP contribution in [0.1, 0.15) is 40.4 Å². The molecule has 32 heavy (non-hydrogen) atoms. The van der Waals surface area contributed by atoms with Crippen LogP contribution in [0.25, 0.3) is 6.08 Å². The number of benzene rings is 2. The zero-order valence-electron chi connectivity index (χ0n) is 18.6. The van der Waals surface area contributed by atoms with E-state index in [4.69, 9.17) is 4.74 Å². The molecule has 7 heteroatoms. The number of anilines is 2. The molecule has 0 aliphatic carbocycles. The summed E-state index contributed by atoms with van der Waals surface area (Å²) >= 11 is 1.33. The van der Waals surface area contributed by atoms with Crippen molar-refractivity contribution >= 4 is 46.0 Å². The number of hydrogen-bond acceptors (Lipinski definition) is 6. The van der Waals surface area contributed by atoms with Gasteiger partial charge in [0.1, 0.15) is 0 Å². The second kappa shape index (κ2) is 8.51. The van der Waals surface area contributed by atoms with Crippen LogP contribution in [-0.2, 0) is 14.3 Å². The number of thiazole rings is 1. The monoisotopic (exact) mass is 445 g/mol. The molecule has 1 amide bonds. The smallest absolute Gasteiger partial charge is 0.363 e. The zero-order chi connectivity index (χ0) is 23.0. The Balaban J connectivity index is 1.64. The van der Waals surface area contributed by atoms with E-state index in [2.05, 4.69) is 9.98 Å². The van der Waals surface area contributed by atoms with E-state index < -0.39 is 5.97 Å². The summed E-state index contributed by atoms with van der Waals surface area (Å²) in [5, 5.41) is 2.31. The van der Waals surface area contributed by atoms with Crippen LogP contribution in [0.3, 0.4) is 0 Å². The lowest BCUT2D eigenvalue weighted by Gasteiger charge is -2.19.